The number of carbonyl (C=O) groups is 2. The Labute approximate surface area is 101 Å². The summed E-state index contributed by atoms with van der Waals surface area (Å²) >= 11 is 0. The summed E-state index contributed by atoms with van der Waals surface area (Å²) < 4.78 is 5.26. The molecule has 0 aromatic heterocycles. The summed E-state index contributed by atoms with van der Waals surface area (Å²) in [5.74, 6) is -0.246. The van der Waals surface area contributed by atoms with Gasteiger partial charge in [-0.05, 0) is 13.8 Å². The Hall–Kier alpha value is -1.14. The summed E-state index contributed by atoms with van der Waals surface area (Å²) in [6, 6.07) is -0.471. The van der Waals surface area contributed by atoms with E-state index in [0.29, 0.717) is 19.7 Å². The molecule has 0 radical (unpaired) electrons. The van der Waals surface area contributed by atoms with Gasteiger partial charge in [-0.25, -0.2) is 0 Å². The maximum absolute atomic E-state index is 11.9. The fraction of sp³-hybridized carbons (Fsp3) is 0.818. The van der Waals surface area contributed by atoms with E-state index < -0.39 is 6.04 Å². The third-order valence-electron chi connectivity index (χ3n) is 2.54. The Balaban J connectivity index is 2.65. The van der Waals surface area contributed by atoms with Crippen molar-refractivity contribution in [3.8, 4) is 0 Å². The highest BCUT2D eigenvalue weighted by Gasteiger charge is 2.32. The molecule has 0 saturated carbocycles. The molecular weight excluding hydrogens is 222 g/mol. The summed E-state index contributed by atoms with van der Waals surface area (Å²) in [6.45, 7) is 5.25. The minimum atomic E-state index is -0.523. The molecule has 17 heavy (non-hydrogen) atoms. The molecule has 0 aromatic carbocycles. The molecule has 2 amide bonds. The van der Waals surface area contributed by atoms with Crippen molar-refractivity contribution in [2.24, 2.45) is 5.73 Å². The highest BCUT2D eigenvalue weighted by molar-refractivity contribution is 5.88. The van der Waals surface area contributed by atoms with Crippen LogP contribution >= 0.6 is 0 Å². The van der Waals surface area contributed by atoms with Crippen LogP contribution in [0.4, 0.5) is 0 Å². The topological polar surface area (TPSA) is 84.7 Å². The lowest BCUT2D eigenvalue weighted by atomic mass is 10.2. The first-order valence-electron chi connectivity index (χ1n) is 5.94. The van der Waals surface area contributed by atoms with Gasteiger partial charge in [0.2, 0.25) is 11.8 Å². The van der Waals surface area contributed by atoms with Crippen molar-refractivity contribution in [3.63, 3.8) is 0 Å². The molecular formula is C11H21N3O3. The van der Waals surface area contributed by atoms with Gasteiger partial charge in [-0.2, -0.15) is 0 Å². The van der Waals surface area contributed by atoms with E-state index in [0.717, 1.165) is 0 Å². The second kappa shape index (κ2) is 6.56. The molecule has 1 atom stereocenters. The number of amides is 2. The van der Waals surface area contributed by atoms with Crippen LogP contribution in [0.15, 0.2) is 0 Å². The standard InChI is InChI=1S/C11H21N3O3/c1-8(2)13-11(16)9-7-17-6-5-14(9)10(15)3-4-12/h8-9H,3-7,12H2,1-2H3,(H,13,16). The molecule has 1 saturated heterocycles. The zero-order valence-electron chi connectivity index (χ0n) is 10.4. The van der Waals surface area contributed by atoms with Crippen LogP contribution in [-0.4, -0.2) is 55.1 Å². The van der Waals surface area contributed by atoms with Crippen LogP contribution in [0.3, 0.4) is 0 Å². The predicted octanol–water partition coefficient (Wildman–Crippen LogP) is -0.913. The van der Waals surface area contributed by atoms with Gasteiger partial charge < -0.3 is 20.7 Å². The summed E-state index contributed by atoms with van der Waals surface area (Å²) in [5, 5.41) is 2.80. The second-order valence-electron chi connectivity index (χ2n) is 4.38. The number of hydrogen-bond acceptors (Lipinski definition) is 4. The number of nitrogens with two attached hydrogens (primary N) is 1. The minimum absolute atomic E-state index is 0.0517. The molecule has 0 spiro atoms. The smallest absolute Gasteiger partial charge is 0.245 e. The average Bonchev–Trinajstić information content (AvgIpc) is 2.28. The second-order valence-corrected chi connectivity index (χ2v) is 4.38. The van der Waals surface area contributed by atoms with Crippen molar-refractivity contribution in [2.75, 3.05) is 26.3 Å². The van der Waals surface area contributed by atoms with E-state index in [1.165, 1.54) is 0 Å². The van der Waals surface area contributed by atoms with Crippen LogP contribution in [0.5, 0.6) is 0 Å². The van der Waals surface area contributed by atoms with E-state index in [1.54, 1.807) is 4.90 Å². The van der Waals surface area contributed by atoms with Crippen LogP contribution < -0.4 is 11.1 Å². The molecule has 1 aliphatic rings. The lowest BCUT2D eigenvalue weighted by molar-refractivity contribution is -0.148. The van der Waals surface area contributed by atoms with Crippen molar-refractivity contribution in [2.45, 2.75) is 32.4 Å². The van der Waals surface area contributed by atoms with Crippen LogP contribution in [-0.2, 0) is 14.3 Å². The third-order valence-corrected chi connectivity index (χ3v) is 2.54. The van der Waals surface area contributed by atoms with Crippen LogP contribution in [0.2, 0.25) is 0 Å². The summed E-state index contributed by atoms with van der Waals surface area (Å²) in [4.78, 5) is 25.3. The van der Waals surface area contributed by atoms with Crippen LogP contribution in [0.1, 0.15) is 20.3 Å². The van der Waals surface area contributed by atoms with Crippen molar-refractivity contribution in [1.82, 2.24) is 10.2 Å². The molecule has 1 unspecified atom stereocenters. The van der Waals surface area contributed by atoms with Crippen molar-refractivity contribution in [3.05, 3.63) is 0 Å². The molecule has 6 nitrogen and oxygen atoms in total. The van der Waals surface area contributed by atoms with Gasteiger partial charge in [-0.1, -0.05) is 0 Å². The van der Waals surface area contributed by atoms with Gasteiger partial charge in [-0.3, -0.25) is 9.59 Å². The highest BCUT2D eigenvalue weighted by atomic mass is 16.5. The van der Waals surface area contributed by atoms with Crippen LogP contribution in [0.25, 0.3) is 0 Å². The molecule has 98 valence electrons. The quantitative estimate of drug-likeness (QED) is 0.669. The number of nitrogens with zero attached hydrogens (tertiary/aromatic N) is 1. The number of carbonyl (C=O) groups excluding carboxylic acids is 2. The molecule has 1 heterocycles. The Morgan fingerprint density at radius 1 is 1.53 bits per heavy atom. The zero-order valence-corrected chi connectivity index (χ0v) is 10.4. The Morgan fingerprint density at radius 3 is 2.82 bits per heavy atom. The fourth-order valence-electron chi connectivity index (χ4n) is 1.77. The van der Waals surface area contributed by atoms with Crippen LogP contribution in [0, 0.1) is 0 Å². The molecule has 1 rings (SSSR count). The summed E-state index contributed by atoms with van der Waals surface area (Å²) in [5.41, 5.74) is 5.36. The van der Waals surface area contributed by atoms with Crippen molar-refractivity contribution >= 4 is 11.8 Å². The third kappa shape index (κ3) is 3.98. The SMILES string of the molecule is CC(C)NC(=O)C1COCCN1C(=O)CCN. The Kier molecular flexibility index (Phi) is 5.37. The summed E-state index contributed by atoms with van der Waals surface area (Å²) in [6.07, 6.45) is 0.269. The number of rotatable bonds is 4. The highest BCUT2D eigenvalue weighted by Crippen LogP contribution is 2.09. The minimum Gasteiger partial charge on any atom is -0.377 e. The first-order valence-corrected chi connectivity index (χ1v) is 5.94. The number of hydrogen-bond donors (Lipinski definition) is 2. The summed E-state index contributed by atoms with van der Waals surface area (Å²) in [7, 11) is 0. The van der Waals surface area contributed by atoms with E-state index in [-0.39, 0.29) is 30.9 Å². The Morgan fingerprint density at radius 2 is 2.24 bits per heavy atom. The predicted molar refractivity (Wildman–Crippen MR) is 63.3 cm³/mol. The largest absolute Gasteiger partial charge is 0.377 e. The van der Waals surface area contributed by atoms with E-state index in [4.69, 9.17) is 10.5 Å². The number of morpholine rings is 1. The van der Waals surface area contributed by atoms with Gasteiger partial charge in [0.05, 0.1) is 13.2 Å². The lowest BCUT2D eigenvalue weighted by Gasteiger charge is -2.35. The monoisotopic (exact) mass is 243 g/mol. The Bertz CT molecular complexity index is 281. The lowest BCUT2D eigenvalue weighted by Crippen LogP contribution is -2.56. The van der Waals surface area contributed by atoms with Gasteiger partial charge in [0, 0.05) is 25.6 Å². The molecule has 6 heteroatoms. The van der Waals surface area contributed by atoms with Crippen molar-refractivity contribution < 1.29 is 14.3 Å². The van der Waals surface area contributed by atoms with E-state index in [9.17, 15) is 9.59 Å². The maximum Gasteiger partial charge on any atom is 0.245 e. The number of nitrogens with one attached hydrogen (secondary N) is 1. The maximum atomic E-state index is 11.9. The molecule has 0 bridgehead atoms. The first-order chi connectivity index (χ1) is 8.06. The molecule has 1 fully saturated rings. The van der Waals surface area contributed by atoms with Gasteiger partial charge in [0.15, 0.2) is 0 Å². The first kappa shape index (κ1) is 13.9. The van der Waals surface area contributed by atoms with Gasteiger partial charge in [0.1, 0.15) is 6.04 Å². The molecule has 0 aromatic rings. The van der Waals surface area contributed by atoms with Gasteiger partial charge >= 0.3 is 0 Å². The molecule has 1 aliphatic heterocycles. The van der Waals surface area contributed by atoms with Gasteiger partial charge in [0.25, 0.3) is 0 Å². The zero-order chi connectivity index (χ0) is 12.8. The van der Waals surface area contributed by atoms with Gasteiger partial charge in [-0.15, -0.1) is 0 Å². The average molecular weight is 243 g/mol. The van der Waals surface area contributed by atoms with E-state index >= 15 is 0 Å². The fourth-order valence-corrected chi connectivity index (χ4v) is 1.77. The van der Waals surface area contributed by atoms with Crippen molar-refractivity contribution in [1.29, 1.82) is 0 Å². The van der Waals surface area contributed by atoms with E-state index in [1.807, 2.05) is 13.8 Å². The number of ether oxygens (including phenoxy) is 1. The molecule has 0 aliphatic carbocycles. The van der Waals surface area contributed by atoms with E-state index in [2.05, 4.69) is 5.32 Å². The normalized spacial score (nSPS) is 20.5. The molecule has 3 N–H and O–H groups in total.